The summed E-state index contributed by atoms with van der Waals surface area (Å²) in [7, 11) is 0. The number of piperidine rings is 1. The molecule has 0 aromatic heterocycles. The maximum atomic E-state index is 12.1. The van der Waals surface area contributed by atoms with Gasteiger partial charge in [-0.1, -0.05) is 6.92 Å². The summed E-state index contributed by atoms with van der Waals surface area (Å²) >= 11 is 0. The lowest BCUT2D eigenvalue weighted by molar-refractivity contribution is -0.135. The Hall–Kier alpha value is -0.650. The van der Waals surface area contributed by atoms with Crippen molar-refractivity contribution in [3.8, 4) is 0 Å². The number of rotatable bonds is 4. The van der Waals surface area contributed by atoms with Crippen molar-refractivity contribution in [2.75, 3.05) is 52.5 Å². The Morgan fingerprint density at radius 3 is 2.74 bits per heavy atom. The van der Waals surface area contributed by atoms with E-state index in [1.165, 1.54) is 0 Å². The highest BCUT2D eigenvalue weighted by molar-refractivity contribution is 5.76. The summed E-state index contributed by atoms with van der Waals surface area (Å²) < 4.78 is 5.25. The van der Waals surface area contributed by atoms with Gasteiger partial charge in [-0.3, -0.25) is 4.79 Å². The average Bonchev–Trinajstić information content (AvgIpc) is 2.46. The molecule has 0 saturated carbocycles. The van der Waals surface area contributed by atoms with E-state index in [1.54, 1.807) is 0 Å². The standard InChI is InChI=1S/C14H26N2O3/c1-14(12-17)4-2-5-15(11-14)6-3-13(18)16-7-9-19-10-8-16/h17H,2-12H2,1H3. The molecule has 2 aliphatic rings. The molecule has 1 atom stereocenters. The summed E-state index contributed by atoms with van der Waals surface area (Å²) in [4.78, 5) is 16.3. The Morgan fingerprint density at radius 2 is 2.05 bits per heavy atom. The molecule has 1 amide bonds. The molecule has 2 heterocycles. The van der Waals surface area contributed by atoms with Crippen LogP contribution in [0.3, 0.4) is 0 Å². The number of nitrogens with zero attached hydrogens (tertiary/aromatic N) is 2. The van der Waals surface area contributed by atoms with E-state index in [0.29, 0.717) is 19.6 Å². The van der Waals surface area contributed by atoms with Crippen LogP contribution in [-0.2, 0) is 9.53 Å². The fourth-order valence-electron chi connectivity index (χ4n) is 2.97. The molecule has 1 unspecified atom stereocenters. The van der Waals surface area contributed by atoms with Gasteiger partial charge in [-0.2, -0.15) is 0 Å². The van der Waals surface area contributed by atoms with Crippen LogP contribution >= 0.6 is 0 Å². The lowest BCUT2D eigenvalue weighted by Gasteiger charge is -2.39. The Labute approximate surface area is 115 Å². The quantitative estimate of drug-likeness (QED) is 0.800. The zero-order chi connectivity index (χ0) is 13.7. The number of carbonyl (C=O) groups excluding carboxylic acids is 1. The molecular formula is C14H26N2O3. The second-order valence-electron chi connectivity index (χ2n) is 6.09. The van der Waals surface area contributed by atoms with E-state index >= 15 is 0 Å². The van der Waals surface area contributed by atoms with Gasteiger partial charge in [0.2, 0.25) is 5.91 Å². The third kappa shape index (κ3) is 4.16. The van der Waals surface area contributed by atoms with Crippen molar-refractivity contribution in [1.29, 1.82) is 0 Å². The van der Waals surface area contributed by atoms with E-state index in [1.807, 2.05) is 4.90 Å². The molecule has 0 aromatic carbocycles. The third-order valence-electron chi connectivity index (χ3n) is 4.25. The van der Waals surface area contributed by atoms with Gasteiger partial charge in [0.05, 0.1) is 13.2 Å². The molecule has 0 spiro atoms. The minimum Gasteiger partial charge on any atom is -0.396 e. The van der Waals surface area contributed by atoms with Gasteiger partial charge < -0.3 is 19.6 Å². The Bertz CT molecular complexity index is 305. The van der Waals surface area contributed by atoms with Crippen molar-refractivity contribution in [1.82, 2.24) is 9.80 Å². The molecule has 2 saturated heterocycles. The maximum absolute atomic E-state index is 12.1. The van der Waals surface area contributed by atoms with Gasteiger partial charge in [-0.15, -0.1) is 0 Å². The number of morpholine rings is 1. The zero-order valence-corrected chi connectivity index (χ0v) is 11.9. The summed E-state index contributed by atoms with van der Waals surface area (Å²) in [6.07, 6.45) is 2.78. The number of hydrogen-bond donors (Lipinski definition) is 1. The van der Waals surface area contributed by atoms with Crippen molar-refractivity contribution < 1.29 is 14.6 Å². The van der Waals surface area contributed by atoms with Gasteiger partial charge in [-0.25, -0.2) is 0 Å². The molecule has 0 radical (unpaired) electrons. The van der Waals surface area contributed by atoms with Crippen LogP contribution < -0.4 is 0 Å². The predicted molar refractivity (Wildman–Crippen MR) is 72.9 cm³/mol. The molecule has 1 N–H and O–H groups in total. The van der Waals surface area contributed by atoms with E-state index in [0.717, 1.165) is 45.6 Å². The molecule has 2 fully saturated rings. The van der Waals surface area contributed by atoms with Crippen LogP contribution in [-0.4, -0.2) is 73.4 Å². The first-order valence-corrected chi connectivity index (χ1v) is 7.32. The van der Waals surface area contributed by atoms with E-state index in [9.17, 15) is 9.90 Å². The predicted octanol–water partition coefficient (Wildman–Crippen LogP) is 0.330. The van der Waals surface area contributed by atoms with Crippen LogP contribution in [0.2, 0.25) is 0 Å². The zero-order valence-electron chi connectivity index (χ0n) is 11.9. The van der Waals surface area contributed by atoms with Crippen molar-refractivity contribution >= 4 is 5.91 Å². The van der Waals surface area contributed by atoms with Crippen LogP contribution in [0.15, 0.2) is 0 Å². The number of amides is 1. The van der Waals surface area contributed by atoms with Gasteiger partial charge in [0.15, 0.2) is 0 Å². The first-order valence-electron chi connectivity index (χ1n) is 7.32. The first kappa shape index (κ1) is 14.8. The third-order valence-corrected chi connectivity index (χ3v) is 4.25. The molecule has 0 aromatic rings. The van der Waals surface area contributed by atoms with Crippen molar-refractivity contribution in [3.05, 3.63) is 0 Å². The normalized spacial score (nSPS) is 29.5. The first-order chi connectivity index (χ1) is 9.13. The summed E-state index contributed by atoms with van der Waals surface area (Å²) in [5.74, 6) is 0.236. The second kappa shape index (κ2) is 6.68. The van der Waals surface area contributed by atoms with Crippen LogP contribution in [0.25, 0.3) is 0 Å². The van der Waals surface area contributed by atoms with Crippen LogP contribution in [0.4, 0.5) is 0 Å². The number of likely N-dealkylation sites (tertiary alicyclic amines) is 1. The van der Waals surface area contributed by atoms with E-state index in [-0.39, 0.29) is 17.9 Å². The average molecular weight is 270 g/mol. The lowest BCUT2D eigenvalue weighted by atomic mass is 9.83. The van der Waals surface area contributed by atoms with Crippen LogP contribution in [0, 0.1) is 5.41 Å². The maximum Gasteiger partial charge on any atom is 0.224 e. The molecule has 0 bridgehead atoms. The molecule has 5 heteroatoms. The molecule has 19 heavy (non-hydrogen) atoms. The van der Waals surface area contributed by atoms with Gasteiger partial charge in [0.1, 0.15) is 0 Å². The molecule has 110 valence electrons. The SMILES string of the molecule is CC1(CO)CCCN(CCC(=O)N2CCOCC2)C1. The molecule has 0 aliphatic carbocycles. The Morgan fingerprint density at radius 1 is 1.32 bits per heavy atom. The minimum atomic E-state index is 0.0141. The molecule has 2 rings (SSSR count). The number of aliphatic hydroxyl groups is 1. The van der Waals surface area contributed by atoms with E-state index in [2.05, 4.69) is 11.8 Å². The van der Waals surface area contributed by atoms with E-state index < -0.39 is 0 Å². The minimum absolute atomic E-state index is 0.0141. The van der Waals surface area contributed by atoms with Crippen molar-refractivity contribution in [2.24, 2.45) is 5.41 Å². The Balaban J connectivity index is 1.73. The molecular weight excluding hydrogens is 244 g/mol. The highest BCUT2D eigenvalue weighted by Gasteiger charge is 2.30. The van der Waals surface area contributed by atoms with Crippen LogP contribution in [0.1, 0.15) is 26.2 Å². The summed E-state index contributed by atoms with van der Waals surface area (Å²) in [5, 5.41) is 9.43. The highest BCUT2D eigenvalue weighted by Crippen LogP contribution is 2.28. The van der Waals surface area contributed by atoms with Gasteiger partial charge in [0.25, 0.3) is 0 Å². The summed E-state index contributed by atoms with van der Waals surface area (Å²) in [6.45, 7) is 7.91. The monoisotopic (exact) mass is 270 g/mol. The smallest absolute Gasteiger partial charge is 0.224 e. The van der Waals surface area contributed by atoms with E-state index in [4.69, 9.17) is 4.74 Å². The van der Waals surface area contributed by atoms with Gasteiger partial charge >= 0.3 is 0 Å². The van der Waals surface area contributed by atoms with Gasteiger partial charge in [-0.05, 0) is 19.4 Å². The number of hydrogen-bond acceptors (Lipinski definition) is 4. The summed E-state index contributed by atoms with van der Waals surface area (Å²) in [6, 6.07) is 0. The second-order valence-corrected chi connectivity index (χ2v) is 6.09. The largest absolute Gasteiger partial charge is 0.396 e. The number of aliphatic hydroxyl groups excluding tert-OH is 1. The van der Waals surface area contributed by atoms with Crippen molar-refractivity contribution in [3.63, 3.8) is 0 Å². The molecule has 2 aliphatic heterocycles. The number of carbonyl (C=O) groups is 1. The molecule has 5 nitrogen and oxygen atoms in total. The van der Waals surface area contributed by atoms with Gasteiger partial charge in [0, 0.05) is 44.6 Å². The fraction of sp³-hybridized carbons (Fsp3) is 0.929. The van der Waals surface area contributed by atoms with Crippen LogP contribution in [0.5, 0.6) is 0 Å². The highest BCUT2D eigenvalue weighted by atomic mass is 16.5. The number of ether oxygens (including phenoxy) is 1. The Kier molecular flexibility index (Phi) is 5.19. The fourth-order valence-corrected chi connectivity index (χ4v) is 2.97. The summed E-state index contributed by atoms with van der Waals surface area (Å²) in [5.41, 5.74) is 0.0141. The topological polar surface area (TPSA) is 53.0 Å². The van der Waals surface area contributed by atoms with Crippen molar-refractivity contribution in [2.45, 2.75) is 26.2 Å². The lowest BCUT2D eigenvalue weighted by Crippen LogP contribution is -2.46.